The Bertz CT molecular complexity index is 3390. The number of likely N-dealkylation sites (tertiary alicyclic amines) is 1. The highest BCUT2D eigenvalue weighted by molar-refractivity contribution is 6.23. The van der Waals surface area contributed by atoms with Crippen molar-refractivity contribution in [3.05, 3.63) is 195 Å². The minimum Gasteiger partial charge on any atom is -0.491 e. The molecule has 1 N–H and O–H groups in total. The number of aromatic nitrogens is 3. The molecule has 0 aliphatic carbocycles. The summed E-state index contributed by atoms with van der Waals surface area (Å²) in [7, 11) is 0. The second-order valence-electron chi connectivity index (χ2n) is 19.4. The van der Waals surface area contributed by atoms with E-state index in [4.69, 9.17) is 14.2 Å². The van der Waals surface area contributed by atoms with Gasteiger partial charge in [0.2, 0.25) is 11.8 Å². The van der Waals surface area contributed by atoms with Crippen molar-refractivity contribution >= 4 is 46.3 Å². The van der Waals surface area contributed by atoms with Crippen LogP contribution < -0.4 is 9.64 Å². The van der Waals surface area contributed by atoms with E-state index in [1.165, 1.54) is 24.3 Å². The standard InChI is InChI=1S/C59H53N7O10/c67-34-35-74-45-22-14-21-43(37-45)54-59(50(55(68)62-31-12-2-1-3-13-32-62)52-56(69)76-53(42-19-8-5-9-20-42)51(65(52)54)41-17-6-4-7-18-41)46-36-39(16-15-33-63-49-24-11-10-23-47(49)60-61-63)27-30-48(46)64(57(59)70)58(71)75-38-40-25-28-44(29-26-40)66(72)73/h4-11,14,17-30,36-37,50-54,67H,1-3,12-13,31-35,38H2/t50-,51-,52-,53+,54+,59-/m0/s1. The molecule has 4 aliphatic heterocycles. The number of carbonyl (C=O) groups is 4. The summed E-state index contributed by atoms with van der Waals surface area (Å²) in [6.07, 6.45) is 2.17. The van der Waals surface area contributed by atoms with Crippen molar-refractivity contribution in [1.29, 1.82) is 0 Å². The maximum Gasteiger partial charge on any atom is 0.421 e. The first-order valence-corrected chi connectivity index (χ1v) is 25.5. The lowest BCUT2D eigenvalue weighted by Crippen LogP contribution is -2.56. The second kappa shape index (κ2) is 21.3. The third-order valence-electron chi connectivity index (χ3n) is 15.0. The molecule has 0 unspecified atom stereocenters. The molecule has 5 heterocycles. The van der Waals surface area contributed by atoms with E-state index in [2.05, 4.69) is 22.2 Å². The van der Waals surface area contributed by atoms with Crippen LogP contribution in [0.2, 0.25) is 0 Å². The fourth-order valence-corrected chi connectivity index (χ4v) is 11.7. The lowest BCUT2D eigenvalue weighted by Gasteiger charge is -2.46. The van der Waals surface area contributed by atoms with Crippen molar-refractivity contribution in [2.75, 3.05) is 31.2 Å². The molecular weight excluding hydrogens is 967 g/mol. The van der Waals surface area contributed by atoms with Gasteiger partial charge in [0, 0.05) is 30.8 Å². The maximum atomic E-state index is 16.9. The number of carbonyl (C=O) groups excluding carboxylic acids is 4. The number of hydrogen-bond acceptors (Lipinski definition) is 13. The van der Waals surface area contributed by atoms with Crippen molar-refractivity contribution in [1.82, 2.24) is 24.8 Å². The molecule has 3 amide bonds. The fourth-order valence-electron chi connectivity index (χ4n) is 11.7. The summed E-state index contributed by atoms with van der Waals surface area (Å²) in [5.41, 5.74) is 2.43. The molecule has 7 aromatic rings. The van der Waals surface area contributed by atoms with Crippen LogP contribution in [0.3, 0.4) is 0 Å². The number of imide groups is 1. The van der Waals surface area contributed by atoms with Gasteiger partial charge < -0.3 is 24.2 Å². The second-order valence-corrected chi connectivity index (χ2v) is 19.4. The Morgan fingerprint density at radius 3 is 2.22 bits per heavy atom. The number of non-ortho nitro benzene ring substituents is 1. The summed E-state index contributed by atoms with van der Waals surface area (Å²) in [6, 6.07) is 40.7. The number of rotatable bonds is 11. The number of benzene rings is 6. The number of nitro groups is 1. The topological polar surface area (TPSA) is 200 Å². The van der Waals surface area contributed by atoms with Gasteiger partial charge in [0.25, 0.3) is 5.69 Å². The number of nitro benzene ring substituents is 1. The first-order chi connectivity index (χ1) is 37.2. The van der Waals surface area contributed by atoms with Crippen molar-refractivity contribution in [3.8, 4) is 17.6 Å². The van der Waals surface area contributed by atoms with Crippen LogP contribution in [0.15, 0.2) is 152 Å². The molecule has 76 heavy (non-hydrogen) atoms. The Morgan fingerprint density at radius 2 is 1.49 bits per heavy atom. The zero-order valence-corrected chi connectivity index (χ0v) is 41.4. The molecule has 384 valence electrons. The number of fused-ring (bicyclic) bond motifs is 4. The third kappa shape index (κ3) is 8.98. The predicted octanol–water partition coefficient (Wildman–Crippen LogP) is 8.56. The molecule has 0 saturated carbocycles. The Balaban J connectivity index is 1.16. The van der Waals surface area contributed by atoms with Gasteiger partial charge in [-0.3, -0.25) is 29.4 Å². The van der Waals surface area contributed by atoms with E-state index in [9.17, 15) is 15.2 Å². The highest BCUT2D eigenvalue weighted by Crippen LogP contribution is 2.66. The molecule has 3 saturated heterocycles. The van der Waals surface area contributed by atoms with E-state index in [1.807, 2.05) is 95.9 Å². The van der Waals surface area contributed by atoms with Crippen molar-refractivity contribution < 1.29 is 43.4 Å². The number of anilines is 1. The number of para-hydroxylation sites is 1. The van der Waals surface area contributed by atoms with Crippen LogP contribution in [0, 0.1) is 27.9 Å². The summed E-state index contributed by atoms with van der Waals surface area (Å²) in [5.74, 6) is 3.38. The van der Waals surface area contributed by atoms with E-state index >= 15 is 19.2 Å². The normalized spacial score (nSPS) is 22.2. The number of cyclic esters (lactones) is 1. The van der Waals surface area contributed by atoms with Gasteiger partial charge in [0.05, 0.1) is 40.7 Å². The SMILES string of the molecule is O=C1O[C@H](c2ccccc2)[C@H](c2ccccc2)N2[C@H]1[C@@H](C(=O)N1CCCCCCC1)[C@]1(C(=O)N(C(=O)OCc3ccc([N+](=O)[O-])cc3)c3ccc(C#CCn4nnc5ccccc54)cc31)[C@H]2c1cccc(OCCO)c1. The number of ether oxygens (including phenoxy) is 3. The van der Waals surface area contributed by atoms with Crippen LogP contribution in [0.4, 0.5) is 16.2 Å². The Labute approximate surface area is 437 Å². The minimum atomic E-state index is -2.08. The first kappa shape index (κ1) is 49.5. The quantitative estimate of drug-likeness (QED) is 0.0560. The van der Waals surface area contributed by atoms with Gasteiger partial charge in [-0.25, -0.2) is 14.4 Å². The molecule has 1 spiro atoms. The summed E-state index contributed by atoms with van der Waals surface area (Å²) in [5, 5.41) is 30.0. The van der Waals surface area contributed by atoms with Gasteiger partial charge in [0.15, 0.2) is 0 Å². The van der Waals surface area contributed by atoms with Gasteiger partial charge in [-0.15, -0.1) is 5.10 Å². The largest absolute Gasteiger partial charge is 0.491 e. The highest BCUT2D eigenvalue weighted by atomic mass is 16.6. The van der Waals surface area contributed by atoms with Crippen LogP contribution in [0.5, 0.6) is 5.75 Å². The van der Waals surface area contributed by atoms with E-state index in [1.54, 1.807) is 46.0 Å². The number of morpholine rings is 1. The molecule has 4 aliphatic rings. The van der Waals surface area contributed by atoms with Crippen LogP contribution in [-0.2, 0) is 42.4 Å². The summed E-state index contributed by atoms with van der Waals surface area (Å²) in [4.78, 5) is 79.7. The van der Waals surface area contributed by atoms with Gasteiger partial charge in [-0.1, -0.05) is 121 Å². The highest BCUT2D eigenvalue weighted by Gasteiger charge is 2.76. The van der Waals surface area contributed by atoms with E-state index in [0.29, 0.717) is 59.5 Å². The van der Waals surface area contributed by atoms with Gasteiger partial charge >= 0.3 is 12.1 Å². The molecule has 11 rings (SSSR count). The predicted molar refractivity (Wildman–Crippen MR) is 278 cm³/mol. The van der Waals surface area contributed by atoms with E-state index in [-0.39, 0.29) is 43.3 Å². The Kier molecular flexibility index (Phi) is 13.8. The lowest BCUT2D eigenvalue weighted by atomic mass is 9.64. The van der Waals surface area contributed by atoms with Gasteiger partial charge in [-0.05, 0) is 95.3 Å². The molecule has 17 nitrogen and oxygen atoms in total. The fraction of sp³-hybridized carbons (Fsp3) is 0.288. The summed E-state index contributed by atoms with van der Waals surface area (Å²) in [6.45, 7) is 0.230. The minimum absolute atomic E-state index is 0.0424. The van der Waals surface area contributed by atoms with Gasteiger partial charge in [0.1, 0.15) is 48.6 Å². The number of nitrogens with zero attached hydrogens (tertiary/aromatic N) is 7. The molecule has 17 heteroatoms. The molecule has 1 aromatic heterocycles. The zero-order valence-electron chi connectivity index (χ0n) is 41.4. The number of amides is 3. The average Bonchev–Trinajstić information content (AvgIpc) is 4.28. The Hall–Kier alpha value is -8.72. The molecule has 0 bridgehead atoms. The molecule has 3 fully saturated rings. The van der Waals surface area contributed by atoms with Crippen LogP contribution in [0.25, 0.3) is 11.0 Å². The average molecular weight is 1020 g/mol. The van der Waals surface area contributed by atoms with Gasteiger partial charge in [-0.2, -0.15) is 0 Å². The van der Waals surface area contributed by atoms with E-state index in [0.717, 1.165) is 35.2 Å². The van der Waals surface area contributed by atoms with Crippen LogP contribution in [0.1, 0.15) is 83.7 Å². The number of aliphatic hydroxyl groups excluding tert-OH is 1. The number of esters is 1. The molecule has 0 radical (unpaired) electrons. The maximum absolute atomic E-state index is 16.9. The zero-order chi connectivity index (χ0) is 52.3. The number of aliphatic hydroxyl groups is 1. The number of hydrogen-bond donors (Lipinski definition) is 1. The molecule has 6 atom stereocenters. The summed E-state index contributed by atoms with van der Waals surface area (Å²) >= 11 is 0. The van der Waals surface area contributed by atoms with Crippen molar-refractivity contribution in [2.45, 2.75) is 74.9 Å². The molecular formula is C59H53N7O10. The van der Waals surface area contributed by atoms with E-state index < -0.39 is 64.4 Å². The van der Waals surface area contributed by atoms with Crippen LogP contribution in [-0.4, -0.2) is 91.0 Å². The van der Waals surface area contributed by atoms with Crippen molar-refractivity contribution in [3.63, 3.8) is 0 Å². The summed E-state index contributed by atoms with van der Waals surface area (Å²) < 4.78 is 20.4. The van der Waals surface area contributed by atoms with Crippen LogP contribution >= 0.6 is 0 Å². The monoisotopic (exact) mass is 1020 g/mol. The first-order valence-electron chi connectivity index (χ1n) is 25.5. The molecule has 6 aromatic carbocycles. The smallest absolute Gasteiger partial charge is 0.421 e. The van der Waals surface area contributed by atoms with Crippen molar-refractivity contribution in [2.24, 2.45) is 5.92 Å². The Morgan fingerprint density at radius 1 is 0.789 bits per heavy atom. The lowest BCUT2D eigenvalue weighted by molar-refractivity contribution is -0.384. The third-order valence-corrected chi connectivity index (χ3v) is 15.0.